The fraction of sp³-hybridized carbons (Fsp3) is 0.333. The maximum absolute atomic E-state index is 3.86. The summed E-state index contributed by atoms with van der Waals surface area (Å²) in [5.41, 5.74) is 7.88. The summed E-state index contributed by atoms with van der Waals surface area (Å²) in [4.78, 5) is 0.532. The highest BCUT2D eigenvalue weighted by Gasteiger charge is 2.20. The molecule has 2 aromatic rings. The minimum atomic E-state index is 0.266. The van der Waals surface area contributed by atoms with Crippen LogP contribution >= 0.6 is 31.9 Å². The lowest BCUT2D eigenvalue weighted by atomic mass is 9.98. The SMILES string of the molecule is Cc1cc(C)cc([C@@H](Br)[C@@H](Br)c2cc(C)cc(C)c2)c1. The van der Waals surface area contributed by atoms with Crippen molar-refractivity contribution in [3.63, 3.8) is 0 Å². The lowest BCUT2D eigenvalue weighted by Crippen LogP contribution is -2.01. The first-order valence-electron chi connectivity index (χ1n) is 6.81. The summed E-state index contributed by atoms with van der Waals surface area (Å²) in [6.45, 7) is 8.60. The summed E-state index contributed by atoms with van der Waals surface area (Å²) in [5, 5.41) is 0. The maximum Gasteiger partial charge on any atom is 0.0561 e. The second-order valence-corrected chi connectivity index (χ2v) is 7.62. The summed E-state index contributed by atoms with van der Waals surface area (Å²) in [7, 11) is 0. The van der Waals surface area contributed by atoms with Gasteiger partial charge in [-0.25, -0.2) is 0 Å². The van der Waals surface area contributed by atoms with Crippen LogP contribution in [0.3, 0.4) is 0 Å². The van der Waals surface area contributed by atoms with Crippen molar-refractivity contribution < 1.29 is 0 Å². The summed E-state index contributed by atoms with van der Waals surface area (Å²) in [6.07, 6.45) is 0. The van der Waals surface area contributed by atoms with E-state index in [2.05, 4.69) is 96.0 Å². The first-order chi connectivity index (χ1) is 9.36. The average Bonchev–Trinajstić information content (AvgIpc) is 2.34. The highest BCUT2D eigenvalue weighted by Crippen LogP contribution is 2.43. The molecule has 2 heteroatoms. The van der Waals surface area contributed by atoms with E-state index in [1.54, 1.807) is 0 Å². The number of hydrogen-bond acceptors (Lipinski definition) is 0. The predicted octanol–water partition coefficient (Wildman–Crippen LogP) is 6.49. The molecule has 2 aromatic carbocycles. The quantitative estimate of drug-likeness (QED) is 0.520. The Morgan fingerprint density at radius 2 is 0.800 bits per heavy atom. The van der Waals surface area contributed by atoms with Gasteiger partial charge in [-0.2, -0.15) is 0 Å². The molecule has 0 nitrogen and oxygen atoms in total. The summed E-state index contributed by atoms with van der Waals surface area (Å²) >= 11 is 7.72. The van der Waals surface area contributed by atoms with Crippen molar-refractivity contribution in [1.82, 2.24) is 0 Å². The molecule has 0 spiro atoms. The fourth-order valence-corrected chi connectivity index (χ4v) is 3.82. The molecule has 0 fully saturated rings. The van der Waals surface area contributed by atoms with Crippen LogP contribution in [0.1, 0.15) is 43.0 Å². The van der Waals surface area contributed by atoms with Crippen LogP contribution in [0.4, 0.5) is 0 Å². The molecule has 0 aliphatic carbocycles. The first-order valence-corrected chi connectivity index (χ1v) is 8.64. The van der Waals surface area contributed by atoms with E-state index in [1.165, 1.54) is 33.4 Å². The number of halogens is 2. The van der Waals surface area contributed by atoms with Crippen LogP contribution in [0.25, 0.3) is 0 Å². The Morgan fingerprint density at radius 3 is 1.05 bits per heavy atom. The molecule has 0 saturated carbocycles. The molecule has 2 atom stereocenters. The third-order valence-electron chi connectivity index (χ3n) is 3.38. The molecule has 20 heavy (non-hydrogen) atoms. The van der Waals surface area contributed by atoms with Gasteiger partial charge in [0.1, 0.15) is 0 Å². The zero-order chi connectivity index (χ0) is 14.9. The van der Waals surface area contributed by atoms with Gasteiger partial charge in [0.25, 0.3) is 0 Å². The Labute approximate surface area is 138 Å². The van der Waals surface area contributed by atoms with Crippen molar-refractivity contribution in [3.05, 3.63) is 69.8 Å². The number of benzene rings is 2. The van der Waals surface area contributed by atoms with Gasteiger partial charge >= 0.3 is 0 Å². The Bertz CT molecular complexity index is 521. The van der Waals surface area contributed by atoms with E-state index >= 15 is 0 Å². The minimum Gasteiger partial charge on any atom is -0.0823 e. The van der Waals surface area contributed by atoms with Crippen LogP contribution in [0.15, 0.2) is 36.4 Å². The van der Waals surface area contributed by atoms with Crippen molar-refractivity contribution in [3.8, 4) is 0 Å². The van der Waals surface area contributed by atoms with Gasteiger partial charge in [-0.15, -0.1) is 0 Å². The first kappa shape index (κ1) is 15.8. The van der Waals surface area contributed by atoms with Gasteiger partial charge in [0.05, 0.1) is 9.65 Å². The minimum absolute atomic E-state index is 0.266. The Morgan fingerprint density at radius 1 is 0.550 bits per heavy atom. The molecular weight excluding hydrogens is 376 g/mol. The van der Waals surface area contributed by atoms with Gasteiger partial charge in [-0.3, -0.25) is 0 Å². The monoisotopic (exact) mass is 394 g/mol. The van der Waals surface area contributed by atoms with E-state index in [0.29, 0.717) is 0 Å². The van der Waals surface area contributed by atoms with E-state index in [9.17, 15) is 0 Å². The summed E-state index contributed by atoms with van der Waals surface area (Å²) in [6, 6.07) is 13.4. The zero-order valence-electron chi connectivity index (χ0n) is 12.4. The van der Waals surface area contributed by atoms with Gasteiger partial charge < -0.3 is 0 Å². The van der Waals surface area contributed by atoms with Crippen LogP contribution in [0, 0.1) is 27.7 Å². The van der Waals surface area contributed by atoms with Crippen LogP contribution in [-0.2, 0) is 0 Å². The van der Waals surface area contributed by atoms with E-state index in [1.807, 2.05) is 0 Å². The Kier molecular flexibility index (Phi) is 5.09. The highest BCUT2D eigenvalue weighted by molar-refractivity contribution is 9.12. The van der Waals surface area contributed by atoms with E-state index < -0.39 is 0 Å². The second kappa shape index (κ2) is 6.44. The van der Waals surface area contributed by atoms with Crippen molar-refractivity contribution >= 4 is 31.9 Å². The molecule has 0 aliphatic rings. The molecule has 0 heterocycles. The molecule has 0 saturated heterocycles. The molecule has 0 amide bonds. The maximum atomic E-state index is 3.86. The number of alkyl halides is 2. The van der Waals surface area contributed by atoms with Crippen molar-refractivity contribution in [2.75, 3.05) is 0 Å². The van der Waals surface area contributed by atoms with Gasteiger partial charge in [-0.05, 0) is 38.8 Å². The molecule has 0 N–H and O–H groups in total. The smallest absolute Gasteiger partial charge is 0.0561 e. The van der Waals surface area contributed by atoms with Crippen molar-refractivity contribution in [1.29, 1.82) is 0 Å². The standard InChI is InChI=1S/C18H20Br2/c1-11-5-12(2)8-15(7-11)17(19)18(20)16-9-13(3)6-14(4)10-16/h5-10,17-18H,1-4H3/t17-,18+. The average molecular weight is 396 g/mol. The topological polar surface area (TPSA) is 0 Å². The van der Waals surface area contributed by atoms with E-state index in [4.69, 9.17) is 0 Å². The zero-order valence-corrected chi connectivity index (χ0v) is 15.5. The molecule has 0 aromatic heterocycles. The summed E-state index contributed by atoms with van der Waals surface area (Å²) < 4.78 is 0. The van der Waals surface area contributed by atoms with Gasteiger partial charge in [0, 0.05) is 0 Å². The summed E-state index contributed by atoms with van der Waals surface area (Å²) in [5.74, 6) is 0. The molecule has 0 bridgehead atoms. The van der Waals surface area contributed by atoms with Crippen LogP contribution < -0.4 is 0 Å². The number of aryl methyl sites for hydroxylation is 4. The molecule has 2 rings (SSSR count). The highest BCUT2D eigenvalue weighted by atomic mass is 79.9. The Hall–Kier alpha value is -0.600. The third-order valence-corrected chi connectivity index (χ3v) is 6.21. The largest absolute Gasteiger partial charge is 0.0823 e. The lowest BCUT2D eigenvalue weighted by molar-refractivity contribution is 0.930. The van der Waals surface area contributed by atoms with Crippen molar-refractivity contribution in [2.45, 2.75) is 37.3 Å². The Balaban J connectivity index is 2.34. The number of rotatable bonds is 3. The normalized spacial score (nSPS) is 14.1. The van der Waals surface area contributed by atoms with Gasteiger partial charge in [-0.1, -0.05) is 90.5 Å². The van der Waals surface area contributed by atoms with Gasteiger partial charge in [0.2, 0.25) is 0 Å². The van der Waals surface area contributed by atoms with Crippen LogP contribution in [-0.4, -0.2) is 0 Å². The van der Waals surface area contributed by atoms with Crippen LogP contribution in [0.2, 0.25) is 0 Å². The fourth-order valence-electron chi connectivity index (χ4n) is 2.68. The van der Waals surface area contributed by atoms with E-state index in [0.717, 1.165) is 0 Å². The molecule has 0 aliphatic heterocycles. The van der Waals surface area contributed by atoms with Gasteiger partial charge in [0.15, 0.2) is 0 Å². The molecule has 0 radical (unpaired) electrons. The number of hydrogen-bond donors (Lipinski definition) is 0. The lowest BCUT2D eigenvalue weighted by Gasteiger charge is -2.20. The molecule has 0 unspecified atom stereocenters. The second-order valence-electron chi connectivity index (χ2n) is 5.65. The van der Waals surface area contributed by atoms with Crippen LogP contribution in [0.5, 0.6) is 0 Å². The molecular formula is C18H20Br2. The third kappa shape index (κ3) is 3.73. The van der Waals surface area contributed by atoms with Crippen molar-refractivity contribution in [2.24, 2.45) is 0 Å². The van der Waals surface area contributed by atoms with E-state index in [-0.39, 0.29) is 9.65 Å². The molecule has 106 valence electrons. The predicted molar refractivity (Wildman–Crippen MR) is 95.2 cm³/mol.